The van der Waals surface area contributed by atoms with Gasteiger partial charge in [0.2, 0.25) is 6.79 Å². The Hall–Kier alpha value is -2.32. The van der Waals surface area contributed by atoms with E-state index in [2.05, 4.69) is 21.2 Å². The minimum absolute atomic E-state index is 0.00508. The number of fused-ring (bicyclic) bond motifs is 1. The SMILES string of the molecule is CC(OC(=O)c1cc(Cl)c2c(c1)OCO2)C(=O)Nc1ccc(Br)cc1F. The van der Waals surface area contributed by atoms with Crippen molar-refractivity contribution in [2.75, 3.05) is 12.1 Å². The van der Waals surface area contributed by atoms with Crippen molar-refractivity contribution in [3.63, 3.8) is 0 Å². The molecule has 0 radical (unpaired) electrons. The maximum atomic E-state index is 13.8. The maximum absolute atomic E-state index is 13.8. The summed E-state index contributed by atoms with van der Waals surface area (Å²) >= 11 is 9.14. The number of amides is 1. The topological polar surface area (TPSA) is 73.9 Å². The van der Waals surface area contributed by atoms with E-state index in [1.165, 1.54) is 31.2 Å². The van der Waals surface area contributed by atoms with Gasteiger partial charge in [0.1, 0.15) is 5.82 Å². The smallest absolute Gasteiger partial charge is 0.339 e. The van der Waals surface area contributed by atoms with E-state index in [-0.39, 0.29) is 23.1 Å². The number of hydrogen-bond donors (Lipinski definition) is 1. The number of ether oxygens (including phenoxy) is 3. The van der Waals surface area contributed by atoms with Crippen LogP contribution >= 0.6 is 27.5 Å². The molecule has 0 aliphatic carbocycles. The standard InChI is InChI=1S/C17H12BrClFNO5/c1-8(16(22)21-13-3-2-10(18)6-12(13)20)26-17(23)9-4-11(19)15-14(5-9)24-7-25-15/h2-6,8H,7H2,1H3,(H,21,22). The normalized spacial score (nSPS) is 13.2. The van der Waals surface area contributed by atoms with E-state index >= 15 is 0 Å². The molecule has 0 saturated heterocycles. The van der Waals surface area contributed by atoms with Crippen molar-refractivity contribution in [2.24, 2.45) is 0 Å². The van der Waals surface area contributed by atoms with Crippen molar-refractivity contribution in [2.45, 2.75) is 13.0 Å². The Morgan fingerprint density at radius 2 is 2.08 bits per heavy atom. The second kappa shape index (κ2) is 7.51. The first-order chi connectivity index (χ1) is 12.3. The zero-order valence-corrected chi connectivity index (χ0v) is 15.7. The maximum Gasteiger partial charge on any atom is 0.339 e. The largest absolute Gasteiger partial charge is 0.454 e. The molecule has 9 heteroatoms. The minimum Gasteiger partial charge on any atom is -0.454 e. The van der Waals surface area contributed by atoms with E-state index in [0.717, 1.165) is 0 Å². The highest BCUT2D eigenvalue weighted by Gasteiger charge is 2.24. The van der Waals surface area contributed by atoms with Crippen molar-refractivity contribution < 1.29 is 28.2 Å². The molecule has 1 amide bonds. The summed E-state index contributed by atoms with van der Waals surface area (Å²) in [5, 5.41) is 2.56. The predicted octanol–water partition coefficient (Wildman–Crippen LogP) is 4.15. The molecule has 2 aromatic rings. The molecule has 1 heterocycles. The third kappa shape index (κ3) is 3.91. The number of nitrogens with one attached hydrogen (secondary N) is 1. The number of esters is 1. The van der Waals surface area contributed by atoms with Gasteiger partial charge in [-0.05, 0) is 37.3 Å². The van der Waals surface area contributed by atoms with Crippen molar-refractivity contribution in [1.82, 2.24) is 0 Å². The first-order valence-electron chi connectivity index (χ1n) is 7.41. The summed E-state index contributed by atoms with van der Waals surface area (Å²) in [6.45, 7) is 1.38. The Morgan fingerprint density at radius 3 is 2.81 bits per heavy atom. The summed E-state index contributed by atoms with van der Waals surface area (Å²) in [4.78, 5) is 24.4. The summed E-state index contributed by atoms with van der Waals surface area (Å²) in [6.07, 6.45) is -1.16. The number of carbonyl (C=O) groups excluding carboxylic acids is 2. The molecule has 0 spiro atoms. The number of hydrogen-bond acceptors (Lipinski definition) is 5. The van der Waals surface area contributed by atoms with Gasteiger partial charge >= 0.3 is 5.97 Å². The first-order valence-corrected chi connectivity index (χ1v) is 8.58. The Morgan fingerprint density at radius 1 is 1.31 bits per heavy atom. The molecule has 1 aliphatic rings. The molecule has 1 unspecified atom stereocenters. The van der Waals surface area contributed by atoms with Gasteiger partial charge in [0.25, 0.3) is 5.91 Å². The van der Waals surface area contributed by atoms with Gasteiger partial charge in [-0.15, -0.1) is 0 Å². The molecule has 1 aliphatic heterocycles. The molecule has 6 nitrogen and oxygen atoms in total. The highest BCUT2D eigenvalue weighted by molar-refractivity contribution is 9.10. The number of anilines is 1. The zero-order chi connectivity index (χ0) is 18.8. The summed E-state index contributed by atoms with van der Waals surface area (Å²) in [5.41, 5.74) is 0.0842. The van der Waals surface area contributed by atoms with E-state index < -0.39 is 23.8 Å². The molecule has 26 heavy (non-hydrogen) atoms. The lowest BCUT2D eigenvalue weighted by Gasteiger charge is -2.14. The van der Waals surface area contributed by atoms with Gasteiger partial charge in [0, 0.05) is 4.47 Å². The van der Waals surface area contributed by atoms with E-state index in [4.69, 9.17) is 25.8 Å². The minimum atomic E-state index is -1.16. The van der Waals surface area contributed by atoms with E-state index in [9.17, 15) is 14.0 Å². The fraction of sp³-hybridized carbons (Fsp3) is 0.176. The molecule has 0 saturated carbocycles. The summed E-state index contributed by atoms with van der Waals surface area (Å²) in [5.74, 6) is -1.40. The van der Waals surface area contributed by atoms with Gasteiger partial charge in [-0.2, -0.15) is 0 Å². The lowest BCUT2D eigenvalue weighted by molar-refractivity contribution is -0.123. The molecule has 1 N–H and O–H groups in total. The third-order valence-electron chi connectivity index (χ3n) is 3.50. The van der Waals surface area contributed by atoms with Gasteiger partial charge in [-0.3, -0.25) is 4.79 Å². The molecular formula is C17H12BrClFNO5. The van der Waals surface area contributed by atoms with Gasteiger partial charge in [0.15, 0.2) is 17.6 Å². The molecule has 0 bridgehead atoms. The summed E-state index contributed by atoms with van der Waals surface area (Å²) in [6, 6.07) is 6.94. The van der Waals surface area contributed by atoms with Crippen LogP contribution in [0.25, 0.3) is 0 Å². The lowest BCUT2D eigenvalue weighted by atomic mass is 10.2. The average Bonchev–Trinajstić information content (AvgIpc) is 3.06. The average molecular weight is 445 g/mol. The highest BCUT2D eigenvalue weighted by Crippen LogP contribution is 2.40. The Bertz CT molecular complexity index is 892. The molecule has 2 aromatic carbocycles. The number of carbonyl (C=O) groups is 2. The monoisotopic (exact) mass is 443 g/mol. The molecule has 136 valence electrons. The fourth-order valence-corrected chi connectivity index (χ4v) is 2.79. The number of halogens is 3. The van der Waals surface area contributed by atoms with E-state index in [1.807, 2.05) is 0 Å². The van der Waals surface area contributed by atoms with Crippen LogP contribution in [0.4, 0.5) is 10.1 Å². The second-order valence-electron chi connectivity index (χ2n) is 5.35. The first kappa shape index (κ1) is 18.5. The van der Waals surface area contributed by atoms with Crippen LogP contribution in [0, 0.1) is 5.82 Å². The highest BCUT2D eigenvalue weighted by atomic mass is 79.9. The molecule has 3 rings (SSSR count). The van der Waals surface area contributed by atoms with Gasteiger partial charge in [-0.1, -0.05) is 27.5 Å². The lowest BCUT2D eigenvalue weighted by Crippen LogP contribution is -2.30. The Labute approximate surface area is 161 Å². The third-order valence-corrected chi connectivity index (χ3v) is 4.28. The van der Waals surface area contributed by atoms with Gasteiger partial charge in [0.05, 0.1) is 16.3 Å². The summed E-state index contributed by atoms with van der Waals surface area (Å²) < 4.78 is 29.8. The molecule has 0 aromatic heterocycles. The molecule has 1 atom stereocenters. The van der Waals surface area contributed by atoms with Crippen molar-refractivity contribution in [3.8, 4) is 11.5 Å². The second-order valence-corrected chi connectivity index (χ2v) is 6.68. The van der Waals surface area contributed by atoms with Crippen molar-refractivity contribution in [1.29, 1.82) is 0 Å². The Balaban J connectivity index is 1.67. The number of rotatable bonds is 4. The Kier molecular flexibility index (Phi) is 5.33. The fourth-order valence-electron chi connectivity index (χ4n) is 2.19. The van der Waals surface area contributed by atoms with Crippen LogP contribution in [0.5, 0.6) is 11.5 Å². The van der Waals surface area contributed by atoms with Crippen molar-refractivity contribution >= 4 is 45.1 Å². The van der Waals surface area contributed by atoms with Crippen molar-refractivity contribution in [3.05, 3.63) is 51.2 Å². The van der Waals surface area contributed by atoms with Crippen LogP contribution in [0.1, 0.15) is 17.3 Å². The van der Waals surface area contributed by atoms with Gasteiger partial charge in [-0.25, -0.2) is 9.18 Å². The number of benzene rings is 2. The van der Waals surface area contributed by atoms with Crippen LogP contribution in [-0.2, 0) is 9.53 Å². The molecule has 0 fully saturated rings. The quantitative estimate of drug-likeness (QED) is 0.717. The zero-order valence-electron chi connectivity index (χ0n) is 13.3. The van der Waals surface area contributed by atoms with Crippen LogP contribution in [0.3, 0.4) is 0 Å². The van der Waals surface area contributed by atoms with Crippen LogP contribution in [0.15, 0.2) is 34.8 Å². The van der Waals surface area contributed by atoms with E-state index in [0.29, 0.717) is 16.0 Å². The predicted molar refractivity (Wildman–Crippen MR) is 95.2 cm³/mol. The van der Waals surface area contributed by atoms with Crippen LogP contribution < -0.4 is 14.8 Å². The molecular weight excluding hydrogens is 433 g/mol. The summed E-state index contributed by atoms with van der Waals surface area (Å²) in [7, 11) is 0. The van der Waals surface area contributed by atoms with E-state index in [1.54, 1.807) is 6.07 Å². The van der Waals surface area contributed by atoms with Crippen LogP contribution in [0.2, 0.25) is 5.02 Å². The van der Waals surface area contributed by atoms with Gasteiger partial charge < -0.3 is 19.5 Å². The van der Waals surface area contributed by atoms with Crippen LogP contribution in [-0.4, -0.2) is 24.8 Å².